The quantitative estimate of drug-likeness (QED) is 0.343. The summed E-state index contributed by atoms with van der Waals surface area (Å²) in [5, 5.41) is 0. The standard InChI is InChI=1S/C27H40O3/c1-18(2)10-11-21-17-26(14-12-19(3)4)23(30-9)16-22(28)27(24(26)29,25(21,7)8)15-13-20(5)6/h10,12-13,16,21H,11,14-15,17H2,1-9H3. The van der Waals surface area contributed by atoms with Crippen molar-refractivity contribution in [1.82, 2.24) is 0 Å². The van der Waals surface area contributed by atoms with Crippen molar-refractivity contribution < 1.29 is 14.3 Å². The molecular weight excluding hydrogens is 372 g/mol. The Bertz CT molecular complexity index is 824. The van der Waals surface area contributed by atoms with Crippen molar-refractivity contribution in [2.24, 2.45) is 22.2 Å². The number of methoxy groups -OCH3 is 1. The Kier molecular flexibility index (Phi) is 7.06. The van der Waals surface area contributed by atoms with Crippen molar-refractivity contribution in [3.63, 3.8) is 0 Å². The molecule has 1 fully saturated rings. The van der Waals surface area contributed by atoms with E-state index in [1.807, 2.05) is 13.8 Å². The smallest absolute Gasteiger partial charge is 0.173 e. The number of hydrogen-bond donors (Lipinski definition) is 0. The maximum Gasteiger partial charge on any atom is 0.173 e. The fourth-order valence-corrected chi connectivity index (χ4v) is 5.32. The van der Waals surface area contributed by atoms with Crippen molar-refractivity contribution in [3.05, 3.63) is 46.8 Å². The highest BCUT2D eigenvalue weighted by atomic mass is 16.5. The molecule has 0 saturated heterocycles. The summed E-state index contributed by atoms with van der Waals surface area (Å²) >= 11 is 0. The van der Waals surface area contributed by atoms with E-state index in [1.165, 1.54) is 11.1 Å². The van der Waals surface area contributed by atoms with E-state index < -0.39 is 16.2 Å². The molecule has 0 spiro atoms. The fourth-order valence-electron chi connectivity index (χ4n) is 5.32. The third-order valence-corrected chi connectivity index (χ3v) is 7.40. The van der Waals surface area contributed by atoms with Gasteiger partial charge in [-0.2, -0.15) is 0 Å². The van der Waals surface area contributed by atoms with Gasteiger partial charge in [0, 0.05) is 6.08 Å². The van der Waals surface area contributed by atoms with Gasteiger partial charge < -0.3 is 4.74 Å². The van der Waals surface area contributed by atoms with Crippen LogP contribution in [0.3, 0.4) is 0 Å². The monoisotopic (exact) mass is 412 g/mol. The third-order valence-electron chi connectivity index (χ3n) is 7.40. The van der Waals surface area contributed by atoms with Gasteiger partial charge in [-0.1, -0.05) is 48.8 Å². The number of carbonyl (C=O) groups is 2. The summed E-state index contributed by atoms with van der Waals surface area (Å²) in [5.74, 6) is 0.693. The lowest BCUT2D eigenvalue weighted by molar-refractivity contribution is -0.171. The molecule has 0 aliphatic heterocycles. The average Bonchev–Trinajstić information content (AvgIpc) is 2.63. The Balaban J connectivity index is 2.81. The number of Topliss-reactive ketones (excluding diaryl/α,β-unsaturated/α-hetero) is 1. The molecule has 1 saturated carbocycles. The molecule has 2 aliphatic carbocycles. The Labute approximate surface area is 183 Å². The summed E-state index contributed by atoms with van der Waals surface area (Å²) in [7, 11) is 1.59. The van der Waals surface area contributed by atoms with E-state index in [-0.39, 0.29) is 17.5 Å². The number of carbonyl (C=O) groups excluding carboxylic acids is 2. The molecule has 0 N–H and O–H groups in total. The van der Waals surface area contributed by atoms with Gasteiger partial charge in [0.15, 0.2) is 11.6 Å². The summed E-state index contributed by atoms with van der Waals surface area (Å²) < 4.78 is 5.73. The molecule has 0 aromatic carbocycles. The highest BCUT2D eigenvalue weighted by Gasteiger charge is 2.70. The molecule has 166 valence electrons. The zero-order valence-corrected chi connectivity index (χ0v) is 20.4. The van der Waals surface area contributed by atoms with Crippen LogP contribution in [0.15, 0.2) is 46.8 Å². The lowest BCUT2D eigenvalue weighted by Crippen LogP contribution is -2.65. The van der Waals surface area contributed by atoms with Crippen LogP contribution in [0, 0.1) is 22.2 Å². The van der Waals surface area contributed by atoms with Gasteiger partial charge in [0.25, 0.3) is 0 Å². The van der Waals surface area contributed by atoms with Crippen LogP contribution in [-0.2, 0) is 14.3 Å². The molecule has 3 atom stereocenters. The molecule has 0 aromatic rings. The predicted octanol–water partition coefficient (Wildman–Crippen LogP) is 6.76. The summed E-state index contributed by atoms with van der Waals surface area (Å²) in [6.45, 7) is 16.6. The van der Waals surface area contributed by atoms with Crippen LogP contribution < -0.4 is 0 Å². The number of ketones is 2. The minimum Gasteiger partial charge on any atom is -0.500 e. The molecule has 2 bridgehead atoms. The zero-order chi connectivity index (χ0) is 22.9. The summed E-state index contributed by atoms with van der Waals surface area (Å²) in [6, 6.07) is 0. The van der Waals surface area contributed by atoms with Crippen molar-refractivity contribution in [2.75, 3.05) is 7.11 Å². The molecule has 0 aromatic heterocycles. The Morgan fingerprint density at radius 2 is 1.50 bits per heavy atom. The minimum atomic E-state index is -1.06. The van der Waals surface area contributed by atoms with Gasteiger partial charge in [-0.05, 0) is 78.6 Å². The van der Waals surface area contributed by atoms with Crippen LogP contribution in [0.2, 0.25) is 0 Å². The van der Waals surface area contributed by atoms with Crippen molar-refractivity contribution in [2.45, 2.75) is 81.1 Å². The maximum absolute atomic E-state index is 14.3. The van der Waals surface area contributed by atoms with Gasteiger partial charge in [-0.3, -0.25) is 9.59 Å². The van der Waals surface area contributed by atoms with Crippen LogP contribution in [0.1, 0.15) is 81.1 Å². The van der Waals surface area contributed by atoms with Crippen LogP contribution in [0.4, 0.5) is 0 Å². The van der Waals surface area contributed by atoms with Gasteiger partial charge >= 0.3 is 0 Å². The lowest BCUT2D eigenvalue weighted by atomic mass is 9.41. The number of fused-ring (bicyclic) bond motifs is 2. The third kappa shape index (κ3) is 3.88. The molecule has 2 aliphatic rings. The van der Waals surface area contributed by atoms with Gasteiger partial charge in [0.2, 0.25) is 0 Å². The molecule has 0 amide bonds. The van der Waals surface area contributed by atoms with E-state index in [0.29, 0.717) is 25.0 Å². The largest absolute Gasteiger partial charge is 0.500 e. The zero-order valence-electron chi connectivity index (χ0n) is 20.4. The summed E-state index contributed by atoms with van der Waals surface area (Å²) in [5.41, 5.74) is 1.28. The average molecular weight is 413 g/mol. The van der Waals surface area contributed by atoms with E-state index in [0.717, 1.165) is 12.0 Å². The van der Waals surface area contributed by atoms with Gasteiger partial charge in [0.1, 0.15) is 11.2 Å². The number of allylic oxidation sites excluding steroid dienone is 8. The van der Waals surface area contributed by atoms with Crippen molar-refractivity contribution in [3.8, 4) is 0 Å². The van der Waals surface area contributed by atoms with Crippen molar-refractivity contribution >= 4 is 11.6 Å². The first-order chi connectivity index (χ1) is 13.8. The van der Waals surface area contributed by atoms with E-state index in [4.69, 9.17) is 4.74 Å². The molecule has 0 radical (unpaired) electrons. The topological polar surface area (TPSA) is 43.4 Å². The normalized spacial score (nSPS) is 29.6. The second kappa shape index (κ2) is 8.69. The van der Waals surface area contributed by atoms with Crippen LogP contribution in [0.25, 0.3) is 0 Å². The summed E-state index contributed by atoms with van der Waals surface area (Å²) in [6.07, 6.45) is 10.7. The second-order valence-electron chi connectivity index (χ2n) is 10.5. The Morgan fingerprint density at radius 1 is 0.967 bits per heavy atom. The molecule has 30 heavy (non-hydrogen) atoms. The van der Waals surface area contributed by atoms with E-state index in [2.05, 4.69) is 59.8 Å². The van der Waals surface area contributed by atoms with Gasteiger partial charge in [-0.25, -0.2) is 0 Å². The minimum absolute atomic E-state index is 0.0489. The highest BCUT2D eigenvalue weighted by Crippen LogP contribution is 2.65. The van der Waals surface area contributed by atoms with Crippen molar-refractivity contribution in [1.29, 1.82) is 0 Å². The van der Waals surface area contributed by atoms with Crippen LogP contribution in [0.5, 0.6) is 0 Å². The molecule has 3 heteroatoms. The Hall–Kier alpha value is -1.90. The second-order valence-corrected chi connectivity index (χ2v) is 10.5. The first-order valence-electron chi connectivity index (χ1n) is 11.1. The van der Waals surface area contributed by atoms with E-state index in [9.17, 15) is 9.59 Å². The fraction of sp³-hybridized carbons (Fsp3) is 0.630. The predicted molar refractivity (Wildman–Crippen MR) is 124 cm³/mol. The molecule has 3 nitrogen and oxygen atoms in total. The van der Waals surface area contributed by atoms with Gasteiger partial charge in [0.05, 0.1) is 12.5 Å². The van der Waals surface area contributed by atoms with E-state index >= 15 is 0 Å². The summed E-state index contributed by atoms with van der Waals surface area (Å²) in [4.78, 5) is 28.0. The molecular formula is C27H40O3. The molecule has 2 rings (SSSR count). The highest BCUT2D eigenvalue weighted by molar-refractivity contribution is 6.18. The van der Waals surface area contributed by atoms with Crippen LogP contribution in [-0.4, -0.2) is 18.7 Å². The Morgan fingerprint density at radius 3 is 2.00 bits per heavy atom. The first kappa shape index (κ1) is 24.4. The molecule has 3 unspecified atom stereocenters. The number of hydrogen-bond acceptors (Lipinski definition) is 3. The number of rotatable bonds is 7. The van der Waals surface area contributed by atoms with E-state index in [1.54, 1.807) is 13.2 Å². The molecule has 0 heterocycles. The van der Waals surface area contributed by atoms with Gasteiger partial charge in [-0.15, -0.1) is 0 Å². The number of ether oxygens (including phenoxy) is 1. The van der Waals surface area contributed by atoms with Crippen LogP contribution >= 0.6 is 0 Å². The lowest BCUT2D eigenvalue weighted by Gasteiger charge is -2.59. The SMILES string of the molecule is COC1=CC(=O)C2(CC=C(C)C)C(=O)C1(CC=C(C)C)CC(CC=C(C)C)C2(C)C. The first-order valence-corrected chi connectivity index (χ1v) is 11.1. The maximum atomic E-state index is 14.3.